The largest absolute Gasteiger partial charge is 0.369 e. The Balaban J connectivity index is 1.91. The van der Waals surface area contributed by atoms with Gasteiger partial charge in [0.25, 0.3) is 5.89 Å². The van der Waals surface area contributed by atoms with Crippen molar-refractivity contribution in [1.82, 2.24) is 15.5 Å². The lowest BCUT2D eigenvalue weighted by Gasteiger charge is -2.03. The van der Waals surface area contributed by atoms with Crippen molar-refractivity contribution in [2.24, 2.45) is 0 Å². The zero-order chi connectivity index (χ0) is 10.7. The predicted octanol–water partition coefficient (Wildman–Crippen LogP) is 1.42. The molecule has 1 N–H and O–H groups in total. The number of aromatic nitrogens is 2. The highest BCUT2D eigenvalue weighted by atomic mass is 16.5. The van der Waals surface area contributed by atoms with Crippen molar-refractivity contribution in [2.45, 2.75) is 45.4 Å². The molecule has 0 spiro atoms. The second kappa shape index (κ2) is 4.72. The van der Waals surface area contributed by atoms with Crippen molar-refractivity contribution < 1.29 is 9.26 Å². The molecule has 1 aromatic rings. The first-order valence-electron chi connectivity index (χ1n) is 5.43. The van der Waals surface area contributed by atoms with Crippen LogP contribution in [0.4, 0.5) is 0 Å². The van der Waals surface area contributed by atoms with Gasteiger partial charge in [-0.1, -0.05) is 5.16 Å². The molecule has 0 bridgehead atoms. The van der Waals surface area contributed by atoms with Gasteiger partial charge in [0.1, 0.15) is 6.61 Å². The second-order valence-electron chi connectivity index (χ2n) is 4.06. The maximum atomic E-state index is 5.39. The van der Waals surface area contributed by atoms with Gasteiger partial charge in [-0.15, -0.1) is 0 Å². The Hall–Kier alpha value is -0.940. The third-order valence-electron chi connectivity index (χ3n) is 2.40. The van der Waals surface area contributed by atoms with Crippen LogP contribution in [0.3, 0.4) is 0 Å². The van der Waals surface area contributed by atoms with E-state index in [0.29, 0.717) is 12.5 Å². The summed E-state index contributed by atoms with van der Waals surface area (Å²) >= 11 is 0. The van der Waals surface area contributed by atoms with Crippen molar-refractivity contribution in [3.63, 3.8) is 0 Å². The van der Waals surface area contributed by atoms with Crippen LogP contribution in [-0.4, -0.2) is 22.8 Å². The minimum Gasteiger partial charge on any atom is -0.369 e. The molecular weight excluding hydrogens is 194 g/mol. The van der Waals surface area contributed by atoms with E-state index in [-0.39, 0.29) is 12.1 Å². The molecule has 1 fully saturated rings. The van der Waals surface area contributed by atoms with Crippen molar-refractivity contribution in [3.8, 4) is 0 Å². The van der Waals surface area contributed by atoms with Crippen molar-refractivity contribution >= 4 is 0 Å². The van der Waals surface area contributed by atoms with Crippen LogP contribution in [-0.2, 0) is 11.3 Å². The third kappa shape index (κ3) is 2.76. The molecule has 1 aliphatic rings. The molecule has 1 atom stereocenters. The summed E-state index contributed by atoms with van der Waals surface area (Å²) in [7, 11) is 0. The molecule has 1 saturated heterocycles. The molecule has 0 saturated carbocycles. The summed E-state index contributed by atoms with van der Waals surface area (Å²) in [5.41, 5.74) is 0. The Morgan fingerprint density at radius 2 is 2.47 bits per heavy atom. The number of hydrogen-bond acceptors (Lipinski definition) is 5. The molecule has 5 heteroatoms. The molecule has 2 heterocycles. The van der Waals surface area contributed by atoms with Gasteiger partial charge in [0.15, 0.2) is 5.82 Å². The van der Waals surface area contributed by atoms with Gasteiger partial charge in [-0.2, -0.15) is 4.98 Å². The summed E-state index contributed by atoms with van der Waals surface area (Å²) in [6.07, 6.45) is 2.45. The fourth-order valence-corrected chi connectivity index (χ4v) is 1.61. The van der Waals surface area contributed by atoms with Gasteiger partial charge < -0.3 is 14.6 Å². The SMILES string of the molecule is CC(C)OCc1nc(C2CCCN2)no1. The van der Waals surface area contributed by atoms with Gasteiger partial charge in [0.05, 0.1) is 12.1 Å². The first kappa shape index (κ1) is 10.6. The van der Waals surface area contributed by atoms with E-state index in [1.54, 1.807) is 0 Å². The highest BCUT2D eigenvalue weighted by Gasteiger charge is 2.21. The lowest BCUT2D eigenvalue weighted by atomic mass is 10.2. The Kier molecular flexibility index (Phi) is 3.33. The minimum absolute atomic E-state index is 0.185. The summed E-state index contributed by atoms with van der Waals surface area (Å²) < 4.78 is 10.5. The summed E-state index contributed by atoms with van der Waals surface area (Å²) in [5, 5.41) is 7.27. The quantitative estimate of drug-likeness (QED) is 0.816. The smallest absolute Gasteiger partial charge is 0.252 e. The summed E-state index contributed by atoms with van der Waals surface area (Å²) in [6, 6.07) is 0.265. The number of rotatable bonds is 4. The zero-order valence-corrected chi connectivity index (χ0v) is 9.19. The molecule has 84 valence electrons. The van der Waals surface area contributed by atoms with Gasteiger partial charge in [0.2, 0.25) is 0 Å². The first-order valence-corrected chi connectivity index (χ1v) is 5.43. The highest BCUT2D eigenvalue weighted by Crippen LogP contribution is 2.20. The van der Waals surface area contributed by atoms with E-state index >= 15 is 0 Å². The van der Waals surface area contributed by atoms with E-state index in [2.05, 4.69) is 15.5 Å². The lowest BCUT2D eigenvalue weighted by Crippen LogP contribution is -2.14. The Bertz CT molecular complexity index is 305. The van der Waals surface area contributed by atoms with E-state index in [4.69, 9.17) is 9.26 Å². The van der Waals surface area contributed by atoms with Gasteiger partial charge in [0, 0.05) is 0 Å². The molecule has 0 radical (unpaired) electrons. The zero-order valence-electron chi connectivity index (χ0n) is 9.19. The normalized spacial score (nSPS) is 21.4. The fraction of sp³-hybridized carbons (Fsp3) is 0.800. The highest BCUT2D eigenvalue weighted by molar-refractivity contribution is 4.96. The Labute approximate surface area is 89.2 Å². The first-order chi connectivity index (χ1) is 7.25. The number of ether oxygens (including phenoxy) is 1. The van der Waals surface area contributed by atoms with Crippen LogP contribution in [0, 0.1) is 0 Å². The molecule has 1 unspecified atom stereocenters. The number of hydrogen-bond donors (Lipinski definition) is 1. The standard InChI is InChI=1S/C10H17N3O2/c1-7(2)14-6-9-12-10(13-15-9)8-4-3-5-11-8/h7-8,11H,3-6H2,1-2H3. The topological polar surface area (TPSA) is 60.2 Å². The van der Waals surface area contributed by atoms with Crippen molar-refractivity contribution in [2.75, 3.05) is 6.54 Å². The molecule has 1 aromatic heterocycles. The molecule has 0 amide bonds. The second-order valence-corrected chi connectivity index (χ2v) is 4.06. The Morgan fingerprint density at radius 3 is 3.13 bits per heavy atom. The van der Waals surface area contributed by atoms with E-state index in [1.165, 1.54) is 6.42 Å². The predicted molar refractivity (Wildman–Crippen MR) is 54.2 cm³/mol. The van der Waals surface area contributed by atoms with Gasteiger partial charge >= 0.3 is 0 Å². The summed E-state index contributed by atoms with van der Waals surface area (Å²) in [5.74, 6) is 1.32. The molecule has 15 heavy (non-hydrogen) atoms. The maximum Gasteiger partial charge on any atom is 0.252 e. The van der Waals surface area contributed by atoms with Crippen LogP contribution in [0.5, 0.6) is 0 Å². The lowest BCUT2D eigenvalue weighted by molar-refractivity contribution is 0.0485. The van der Waals surface area contributed by atoms with Gasteiger partial charge in [-0.25, -0.2) is 0 Å². The average molecular weight is 211 g/mol. The van der Waals surface area contributed by atoms with Crippen LogP contribution in [0.1, 0.15) is 44.4 Å². The maximum absolute atomic E-state index is 5.39. The third-order valence-corrected chi connectivity index (χ3v) is 2.40. The van der Waals surface area contributed by atoms with Crippen LogP contribution in [0.25, 0.3) is 0 Å². The van der Waals surface area contributed by atoms with E-state index in [9.17, 15) is 0 Å². The fourth-order valence-electron chi connectivity index (χ4n) is 1.61. The van der Waals surface area contributed by atoms with Gasteiger partial charge in [-0.3, -0.25) is 0 Å². The molecule has 1 aliphatic heterocycles. The summed E-state index contributed by atoms with van der Waals surface area (Å²) in [6.45, 7) is 5.40. The molecule has 0 aromatic carbocycles. The molecule has 5 nitrogen and oxygen atoms in total. The summed E-state index contributed by atoms with van der Waals surface area (Å²) in [4.78, 5) is 4.30. The number of nitrogens with zero attached hydrogens (tertiary/aromatic N) is 2. The molecular formula is C10H17N3O2. The van der Waals surface area contributed by atoms with Crippen LogP contribution in [0.15, 0.2) is 4.52 Å². The number of nitrogens with one attached hydrogen (secondary N) is 1. The van der Waals surface area contributed by atoms with Crippen LogP contribution >= 0.6 is 0 Å². The van der Waals surface area contributed by atoms with Crippen LogP contribution in [0.2, 0.25) is 0 Å². The average Bonchev–Trinajstić information content (AvgIpc) is 2.85. The minimum atomic E-state index is 0.185. The van der Waals surface area contributed by atoms with E-state index in [1.807, 2.05) is 13.8 Å². The van der Waals surface area contributed by atoms with E-state index < -0.39 is 0 Å². The van der Waals surface area contributed by atoms with E-state index in [0.717, 1.165) is 18.8 Å². The van der Waals surface area contributed by atoms with Crippen molar-refractivity contribution in [3.05, 3.63) is 11.7 Å². The Morgan fingerprint density at radius 1 is 1.60 bits per heavy atom. The monoisotopic (exact) mass is 211 g/mol. The molecule has 0 aliphatic carbocycles. The molecule has 2 rings (SSSR count). The van der Waals surface area contributed by atoms with Crippen LogP contribution < -0.4 is 5.32 Å². The van der Waals surface area contributed by atoms with Crippen molar-refractivity contribution in [1.29, 1.82) is 0 Å². The van der Waals surface area contributed by atoms with Gasteiger partial charge in [-0.05, 0) is 33.2 Å².